The van der Waals surface area contributed by atoms with Crippen molar-refractivity contribution >= 4 is 11.8 Å². The zero-order valence-corrected chi connectivity index (χ0v) is 13.3. The summed E-state index contributed by atoms with van der Waals surface area (Å²) in [4.78, 5) is 22.8. The highest BCUT2D eigenvalue weighted by Gasteiger charge is 2.07. The van der Waals surface area contributed by atoms with Gasteiger partial charge in [0.05, 0.1) is 20.3 Å². The number of nitrogens with zero attached hydrogens (tertiary/aromatic N) is 1. The van der Waals surface area contributed by atoms with Crippen LogP contribution < -0.4 is 20.1 Å². The second kappa shape index (κ2) is 10.1. The molecule has 0 atom stereocenters. The van der Waals surface area contributed by atoms with E-state index in [9.17, 15) is 9.59 Å². The molecule has 2 N–H and O–H groups in total. The van der Waals surface area contributed by atoms with Crippen molar-refractivity contribution in [2.75, 3.05) is 27.3 Å². The molecular formula is C16H21N3O4. The van der Waals surface area contributed by atoms with E-state index in [0.717, 1.165) is 5.56 Å². The average molecular weight is 319 g/mol. The number of aryl methyl sites for hydroxylation is 1. The number of hydrogen-bond acceptors (Lipinski definition) is 5. The van der Waals surface area contributed by atoms with Crippen LogP contribution in [0.3, 0.4) is 0 Å². The van der Waals surface area contributed by atoms with Gasteiger partial charge in [-0.2, -0.15) is 5.26 Å². The fraction of sp³-hybridized carbons (Fsp3) is 0.438. The quantitative estimate of drug-likeness (QED) is 0.655. The molecular weight excluding hydrogens is 298 g/mol. The Kier molecular flexibility index (Phi) is 8.00. The zero-order chi connectivity index (χ0) is 17.1. The molecule has 7 heteroatoms. The lowest BCUT2D eigenvalue weighted by Crippen LogP contribution is -2.34. The maximum absolute atomic E-state index is 11.7. The van der Waals surface area contributed by atoms with E-state index in [1.54, 1.807) is 26.4 Å². The van der Waals surface area contributed by atoms with Crippen molar-refractivity contribution in [3.05, 3.63) is 23.8 Å². The molecule has 0 aliphatic rings. The topological polar surface area (TPSA) is 100 Å². The molecule has 2 amide bonds. The van der Waals surface area contributed by atoms with Gasteiger partial charge in [0, 0.05) is 19.5 Å². The highest BCUT2D eigenvalue weighted by molar-refractivity contribution is 5.78. The molecule has 7 nitrogen and oxygen atoms in total. The van der Waals surface area contributed by atoms with Crippen molar-refractivity contribution in [1.29, 1.82) is 5.26 Å². The van der Waals surface area contributed by atoms with Gasteiger partial charge in [-0.15, -0.1) is 0 Å². The molecule has 0 spiro atoms. The van der Waals surface area contributed by atoms with Crippen LogP contribution in [0.4, 0.5) is 0 Å². The summed E-state index contributed by atoms with van der Waals surface area (Å²) in [6, 6.07) is 7.28. The maximum atomic E-state index is 11.7. The van der Waals surface area contributed by atoms with Crippen molar-refractivity contribution in [1.82, 2.24) is 10.6 Å². The molecule has 124 valence electrons. The lowest BCUT2D eigenvalue weighted by Gasteiger charge is -2.10. The van der Waals surface area contributed by atoms with Crippen LogP contribution in [0, 0.1) is 11.3 Å². The third-order valence-electron chi connectivity index (χ3n) is 3.10. The first kappa shape index (κ1) is 18.3. The van der Waals surface area contributed by atoms with Gasteiger partial charge < -0.3 is 20.1 Å². The Morgan fingerprint density at radius 2 is 1.74 bits per heavy atom. The van der Waals surface area contributed by atoms with Gasteiger partial charge in [-0.05, 0) is 24.1 Å². The van der Waals surface area contributed by atoms with E-state index in [1.807, 2.05) is 12.1 Å². The van der Waals surface area contributed by atoms with E-state index < -0.39 is 0 Å². The standard InChI is InChI=1S/C16H21N3O4/c1-22-13-5-3-12(11-14(13)23-2)4-6-15(20)18-9-10-19-16(21)7-8-17/h3,5,11H,4,6-7,9-10H2,1-2H3,(H,18,20)(H,19,21). The second-order valence-electron chi connectivity index (χ2n) is 4.72. The zero-order valence-electron chi connectivity index (χ0n) is 13.3. The minimum Gasteiger partial charge on any atom is -0.493 e. The maximum Gasteiger partial charge on any atom is 0.234 e. The molecule has 1 rings (SSSR count). The number of nitrogens with one attached hydrogen (secondary N) is 2. The molecule has 0 fully saturated rings. The summed E-state index contributed by atoms with van der Waals surface area (Å²) in [5.41, 5.74) is 0.972. The van der Waals surface area contributed by atoms with Crippen molar-refractivity contribution in [2.24, 2.45) is 0 Å². The Labute approximate surface area is 135 Å². The molecule has 0 heterocycles. The smallest absolute Gasteiger partial charge is 0.234 e. The average Bonchev–Trinajstić information content (AvgIpc) is 2.56. The van der Waals surface area contributed by atoms with Crippen LogP contribution in [0.15, 0.2) is 18.2 Å². The van der Waals surface area contributed by atoms with Gasteiger partial charge in [0.15, 0.2) is 11.5 Å². The van der Waals surface area contributed by atoms with E-state index in [0.29, 0.717) is 37.4 Å². The minimum absolute atomic E-state index is 0.102. The largest absolute Gasteiger partial charge is 0.493 e. The van der Waals surface area contributed by atoms with E-state index in [4.69, 9.17) is 14.7 Å². The van der Waals surface area contributed by atoms with Crippen molar-refractivity contribution in [3.8, 4) is 17.6 Å². The van der Waals surface area contributed by atoms with Gasteiger partial charge in [0.25, 0.3) is 0 Å². The fourth-order valence-corrected chi connectivity index (χ4v) is 1.92. The lowest BCUT2D eigenvalue weighted by molar-refractivity contribution is -0.122. The van der Waals surface area contributed by atoms with Crippen LogP contribution in [0.1, 0.15) is 18.4 Å². The number of rotatable bonds is 9. The molecule has 0 aliphatic heterocycles. The Morgan fingerprint density at radius 1 is 1.09 bits per heavy atom. The van der Waals surface area contributed by atoms with Crippen molar-refractivity contribution in [3.63, 3.8) is 0 Å². The number of benzene rings is 1. The van der Waals surface area contributed by atoms with Gasteiger partial charge in [-0.1, -0.05) is 6.07 Å². The molecule has 0 unspecified atom stereocenters. The SMILES string of the molecule is COc1ccc(CCC(=O)NCCNC(=O)CC#N)cc1OC. The Bertz CT molecular complexity index is 581. The molecule has 0 radical (unpaired) electrons. The Morgan fingerprint density at radius 3 is 2.35 bits per heavy atom. The third-order valence-corrected chi connectivity index (χ3v) is 3.10. The van der Waals surface area contributed by atoms with Crippen molar-refractivity contribution < 1.29 is 19.1 Å². The van der Waals surface area contributed by atoms with Crippen LogP contribution in [0.25, 0.3) is 0 Å². The summed E-state index contributed by atoms with van der Waals surface area (Å²) in [5.74, 6) is 0.834. The number of carbonyl (C=O) groups is 2. The van der Waals surface area contributed by atoms with Gasteiger partial charge in [-0.25, -0.2) is 0 Å². The van der Waals surface area contributed by atoms with E-state index >= 15 is 0 Å². The first-order chi connectivity index (χ1) is 11.1. The van der Waals surface area contributed by atoms with Gasteiger partial charge in [0.1, 0.15) is 6.42 Å². The number of ether oxygens (including phenoxy) is 2. The van der Waals surface area contributed by atoms with E-state index in [1.165, 1.54) is 0 Å². The van der Waals surface area contributed by atoms with Crippen LogP contribution in [0.2, 0.25) is 0 Å². The van der Waals surface area contributed by atoms with Crippen LogP contribution in [0.5, 0.6) is 11.5 Å². The van der Waals surface area contributed by atoms with Gasteiger partial charge in [0.2, 0.25) is 11.8 Å². The summed E-state index contributed by atoms with van der Waals surface area (Å²) in [6.45, 7) is 0.643. The highest BCUT2D eigenvalue weighted by Crippen LogP contribution is 2.27. The van der Waals surface area contributed by atoms with Gasteiger partial charge >= 0.3 is 0 Å². The molecule has 0 bridgehead atoms. The minimum atomic E-state index is -0.341. The van der Waals surface area contributed by atoms with Crippen LogP contribution in [-0.4, -0.2) is 39.1 Å². The first-order valence-electron chi connectivity index (χ1n) is 7.22. The molecule has 0 saturated carbocycles. The molecule has 0 saturated heterocycles. The fourth-order valence-electron chi connectivity index (χ4n) is 1.92. The highest BCUT2D eigenvalue weighted by atomic mass is 16.5. The number of methoxy groups -OCH3 is 2. The summed E-state index contributed by atoms with van der Waals surface area (Å²) in [7, 11) is 3.13. The van der Waals surface area contributed by atoms with Crippen LogP contribution in [-0.2, 0) is 16.0 Å². The normalized spacial score (nSPS) is 9.61. The van der Waals surface area contributed by atoms with Crippen LogP contribution >= 0.6 is 0 Å². The van der Waals surface area contributed by atoms with E-state index in [-0.39, 0.29) is 18.2 Å². The molecule has 23 heavy (non-hydrogen) atoms. The Hall–Kier alpha value is -2.75. The first-order valence-corrected chi connectivity index (χ1v) is 7.22. The van der Waals surface area contributed by atoms with Gasteiger partial charge in [-0.3, -0.25) is 9.59 Å². The Balaban J connectivity index is 2.31. The molecule has 0 aliphatic carbocycles. The van der Waals surface area contributed by atoms with Crippen molar-refractivity contribution in [2.45, 2.75) is 19.3 Å². The predicted octanol–water partition coefficient (Wildman–Crippen LogP) is 0.782. The monoisotopic (exact) mass is 319 g/mol. The lowest BCUT2D eigenvalue weighted by atomic mass is 10.1. The summed E-state index contributed by atoms with van der Waals surface area (Å²) < 4.78 is 10.4. The number of nitriles is 1. The number of amides is 2. The summed E-state index contributed by atoms with van der Waals surface area (Å²) in [5, 5.41) is 13.6. The summed E-state index contributed by atoms with van der Waals surface area (Å²) >= 11 is 0. The van der Waals surface area contributed by atoms with E-state index in [2.05, 4.69) is 10.6 Å². The number of hydrogen-bond donors (Lipinski definition) is 2. The third kappa shape index (κ3) is 6.70. The number of carbonyl (C=O) groups excluding carboxylic acids is 2. The summed E-state index contributed by atoms with van der Waals surface area (Å²) in [6.07, 6.45) is 0.738. The predicted molar refractivity (Wildman–Crippen MR) is 84.1 cm³/mol. The molecule has 1 aromatic rings. The second-order valence-corrected chi connectivity index (χ2v) is 4.72. The molecule has 0 aromatic heterocycles. The molecule has 1 aromatic carbocycles.